The van der Waals surface area contributed by atoms with Gasteiger partial charge in [-0.3, -0.25) is 4.79 Å². The molecule has 1 aliphatic heterocycles. The summed E-state index contributed by atoms with van der Waals surface area (Å²) in [5.74, 6) is -1.51. The predicted octanol–water partition coefficient (Wildman–Crippen LogP) is 0.536. The minimum atomic E-state index is -0.879. The first kappa shape index (κ1) is 14.6. The van der Waals surface area contributed by atoms with Crippen LogP contribution in [0.25, 0.3) is 0 Å². The van der Waals surface area contributed by atoms with Gasteiger partial charge in [-0.25, -0.2) is 14.5 Å². The second-order valence-corrected chi connectivity index (χ2v) is 4.12. The molecule has 0 bridgehead atoms. The molecular weight excluding hydrogens is 282 g/mol. The van der Waals surface area contributed by atoms with E-state index in [4.69, 9.17) is 9.47 Å². The number of cyclic esters (lactones) is 1. The van der Waals surface area contributed by atoms with Crippen LogP contribution in [-0.2, 0) is 14.3 Å². The van der Waals surface area contributed by atoms with Crippen LogP contribution < -0.4 is 4.74 Å². The quantitative estimate of drug-likeness (QED) is 0.808. The van der Waals surface area contributed by atoms with Crippen LogP contribution in [0, 0.1) is 0 Å². The predicted molar refractivity (Wildman–Crippen MR) is 68.0 cm³/mol. The average molecular weight is 295 g/mol. The van der Waals surface area contributed by atoms with Gasteiger partial charge in [0, 0.05) is 6.07 Å². The molecule has 1 aromatic carbocycles. The normalized spacial score (nSPS) is 13.8. The molecule has 0 unspecified atom stereocenters. The van der Waals surface area contributed by atoms with Gasteiger partial charge in [-0.2, -0.15) is 0 Å². The zero-order chi connectivity index (χ0) is 15.4. The number of ether oxygens (including phenoxy) is 3. The number of benzene rings is 1. The molecule has 1 aromatic rings. The molecule has 0 spiro atoms. The van der Waals surface area contributed by atoms with Crippen molar-refractivity contribution in [3.8, 4) is 11.5 Å². The van der Waals surface area contributed by atoms with Crippen LogP contribution in [0.3, 0.4) is 0 Å². The third kappa shape index (κ3) is 3.22. The zero-order valence-corrected chi connectivity index (χ0v) is 11.2. The van der Waals surface area contributed by atoms with Crippen molar-refractivity contribution >= 4 is 18.0 Å². The van der Waals surface area contributed by atoms with Crippen molar-refractivity contribution in [2.45, 2.75) is 0 Å². The lowest BCUT2D eigenvalue weighted by atomic mass is 10.2. The Morgan fingerprint density at radius 1 is 1.43 bits per heavy atom. The van der Waals surface area contributed by atoms with Crippen LogP contribution in [0.2, 0.25) is 0 Å². The first-order valence-electron chi connectivity index (χ1n) is 6.04. The van der Waals surface area contributed by atoms with E-state index in [1.54, 1.807) is 0 Å². The van der Waals surface area contributed by atoms with Crippen molar-refractivity contribution in [3.05, 3.63) is 23.8 Å². The lowest BCUT2D eigenvalue weighted by Crippen LogP contribution is -2.35. The Balaban J connectivity index is 1.95. The summed E-state index contributed by atoms with van der Waals surface area (Å²) < 4.78 is 14.2. The average Bonchev–Trinajstić information content (AvgIpc) is 2.90. The highest BCUT2D eigenvalue weighted by molar-refractivity contribution is 5.97. The molecule has 21 heavy (non-hydrogen) atoms. The second kappa shape index (κ2) is 6.12. The number of hydrogen-bond donors (Lipinski definition) is 1. The van der Waals surface area contributed by atoms with Crippen molar-refractivity contribution < 1.29 is 33.7 Å². The highest BCUT2D eigenvalue weighted by Crippen LogP contribution is 2.23. The minimum Gasteiger partial charge on any atom is -0.507 e. The molecule has 0 atom stereocenters. The Kier molecular flexibility index (Phi) is 4.27. The lowest BCUT2D eigenvalue weighted by Gasteiger charge is -2.11. The molecule has 2 amide bonds. The number of methoxy groups -OCH3 is 1. The number of phenolic OH excluding ortho intramolecular Hbond substituents is 1. The van der Waals surface area contributed by atoms with E-state index in [0.717, 1.165) is 4.90 Å². The van der Waals surface area contributed by atoms with Gasteiger partial charge in [0.05, 0.1) is 13.7 Å². The highest BCUT2D eigenvalue weighted by Gasteiger charge is 2.29. The van der Waals surface area contributed by atoms with Gasteiger partial charge in [0.1, 0.15) is 23.7 Å². The summed E-state index contributed by atoms with van der Waals surface area (Å²) in [6.07, 6.45) is -0.761. The number of carbonyl (C=O) groups is 3. The minimum absolute atomic E-state index is 0.104. The number of rotatable bonds is 4. The topological polar surface area (TPSA) is 102 Å². The fourth-order valence-corrected chi connectivity index (χ4v) is 1.71. The van der Waals surface area contributed by atoms with E-state index in [-0.39, 0.29) is 24.5 Å². The smallest absolute Gasteiger partial charge is 0.416 e. The monoisotopic (exact) mass is 295 g/mol. The summed E-state index contributed by atoms with van der Waals surface area (Å²) in [5.41, 5.74) is -0.104. The summed E-state index contributed by atoms with van der Waals surface area (Å²) in [5, 5.41) is 9.66. The van der Waals surface area contributed by atoms with Crippen LogP contribution in [-0.4, -0.2) is 54.8 Å². The number of hydrogen-bond acceptors (Lipinski definition) is 7. The van der Waals surface area contributed by atoms with Crippen LogP contribution >= 0.6 is 0 Å². The van der Waals surface area contributed by atoms with E-state index in [1.807, 2.05) is 0 Å². The fourth-order valence-electron chi connectivity index (χ4n) is 1.71. The van der Waals surface area contributed by atoms with E-state index >= 15 is 0 Å². The second-order valence-electron chi connectivity index (χ2n) is 4.12. The molecule has 0 aliphatic carbocycles. The van der Waals surface area contributed by atoms with Gasteiger partial charge in [-0.1, -0.05) is 0 Å². The van der Waals surface area contributed by atoms with Gasteiger partial charge in [0.15, 0.2) is 6.61 Å². The zero-order valence-electron chi connectivity index (χ0n) is 11.2. The van der Waals surface area contributed by atoms with E-state index in [9.17, 15) is 19.5 Å². The summed E-state index contributed by atoms with van der Waals surface area (Å²) in [7, 11) is 1.42. The third-order valence-electron chi connectivity index (χ3n) is 2.81. The van der Waals surface area contributed by atoms with E-state index in [1.165, 1.54) is 25.3 Å². The van der Waals surface area contributed by atoms with Crippen molar-refractivity contribution in [1.82, 2.24) is 4.90 Å². The van der Waals surface area contributed by atoms with Gasteiger partial charge in [-0.15, -0.1) is 0 Å². The molecule has 8 nitrogen and oxygen atoms in total. The Bertz CT molecular complexity index is 584. The molecule has 0 saturated carbocycles. The standard InChI is InChI=1S/C13H13NO7/c1-19-8-2-3-9(10(15)6-8)12(17)21-7-11(16)14-4-5-20-13(14)18/h2-3,6,15H,4-5,7H2,1H3. The van der Waals surface area contributed by atoms with Gasteiger partial charge in [0.2, 0.25) is 0 Å². The Hall–Kier alpha value is -2.77. The van der Waals surface area contributed by atoms with Gasteiger partial charge < -0.3 is 19.3 Å². The molecule has 1 saturated heterocycles. The number of esters is 1. The first-order valence-corrected chi connectivity index (χ1v) is 6.04. The maximum absolute atomic E-state index is 11.8. The lowest BCUT2D eigenvalue weighted by molar-refractivity contribution is -0.131. The van der Waals surface area contributed by atoms with E-state index < -0.39 is 24.6 Å². The van der Waals surface area contributed by atoms with Gasteiger partial charge >= 0.3 is 12.1 Å². The van der Waals surface area contributed by atoms with Crippen LogP contribution in [0.1, 0.15) is 10.4 Å². The largest absolute Gasteiger partial charge is 0.507 e. The maximum Gasteiger partial charge on any atom is 0.416 e. The molecule has 0 aromatic heterocycles. The number of imide groups is 1. The van der Waals surface area contributed by atoms with Crippen LogP contribution in [0.5, 0.6) is 11.5 Å². The number of phenols is 1. The molecule has 8 heteroatoms. The Morgan fingerprint density at radius 2 is 2.19 bits per heavy atom. The van der Waals surface area contributed by atoms with Gasteiger partial charge in [0.25, 0.3) is 5.91 Å². The fraction of sp³-hybridized carbons (Fsp3) is 0.308. The summed E-state index contributed by atoms with van der Waals surface area (Å²) in [6, 6.07) is 4.03. The van der Waals surface area contributed by atoms with Crippen LogP contribution in [0.15, 0.2) is 18.2 Å². The molecule has 1 heterocycles. The molecule has 0 radical (unpaired) electrons. The van der Waals surface area contributed by atoms with Gasteiger partial charge in [-0.05, 0) is 12.1 Å². The number of nitrogens with zero attached hydrogens (tertiary/aromatic N) is 1. The van der Waals surface area contributed by atoms with Crippen molar-refractivity contribution in [2.75, 3.05) is 26.9 Å². The molecule has 1 fully saturated rings. The van der Waals surface area contributed by atoms with E-state index in [2.05, 4.69) is 4.74 Å². The summed E-state index contributed by atoms with van der Waals surface area (Å²) in [6.45, 7) is -0.361. The van der Waals surface area contributed by atoms with Crippen molar-refractivity contribution in [3.63, 3.8) is 0 Å². The highest BCUT2D eigenvalue weighted by atomic mass is 16.6. The molecule has 2 rings (SSSR count). The summed E-state index contributed by atoms with van der Waals surface area (Å²) >= 11 is 0. The Morgan fingerprint density at radius 3 is 2.76 bits per heavy atom. The molecule has 1 N–H and O–H groups in total. The molecule has 112 valence electrons. The maximum atomic E-state index is 11.8. The number of amides is 2. The summed E-state index contributed by atoms with van der Waals surface area (Å²) in [4.78, 5) is 35.4. The van der Waals surface area contributed by atoms with E-state index in [0.29, 0.717) is 5.75 Å². The van der Waals surface area contributed by atoms with Crippen molar-refractivity contribution in [2.24, 2.45) is 0 Å². The SMILES string of the molecule is COc1ccc(C(=O)OCC(=O)N2CCOC2=O)c(O)c1. The Labute approximate surface area is 119 Å². The van der Waals surface area contributed by atoms with Crippen molar-refractivity contribution in [1.29, 1.82) is 0 Å². The number of carbonyl (C=O) groups excluding carboxylic acids is 3. The first-order chi connectivity index (χ1) is 10.0. The third-order valence-corrected chi connectivity index (χ3v) is 2.81. The molecular formula is C13H13NO7. The molecule has 1 aliphatic rings. The number of aromatic hydroxyl groups is 1. The van der Waals surface area contributed by atoms with Crippen LogP contribution in [0.4, 0.5) is 4.79 Å².